The number of benzene rings is 1. The van der Waals surface area contributed by atoms with Crippen molar-refractivity contribution in [2.24, 2.45) is 0 Å². The van der Waals surface area contributed by atoms with Gasteiger partial charge in [-0.05, 0) is 36.8 Å². The van der Waals surface area contributed by atoms with Crippen LogP contribution in [0.2, 0.25) is 0 Å². The van der Waals surface area contributed by atoms with Crippen LogP contribution in [0.3, 0.4) is 0 Å². The van der Waals surface area contributed by atoms with Gasteiger partial charge in [0.05, 0.1) is 6.04 Å². The van der Waals surface area contributed by atoms with Gasteiger partial charge in [0, 0.05) is 12.5 Å². The van der Waals surface area contributed by atoms with Gasteiger partial charge in [0.25, 0.3) is 0 Å². The number of carbonyl (C=O) groups is 2. The number of hydrogen-bond acceptors (Lipinski definition) is 3. The summed E-state index contributed by atoms with van der Waals surface area (Å²) in [6, 6.07) is 8.45. The topological polar surface area (TPSA) is 58.2 Å². The van der Waals surface area contributed by atoms with Crippen molar-refractivity contribution < 1.29 is 9.59 Å². The van der Waals surface area contributed by atoms with Gasteiger partial charge in [-0.25, -0.2) is 0 Å². The van der Waals surface area contributed by atoms with E-state index in [4.69, 9.17) is 0 Å². The lowest BCUT2D eigenvalue weighted by Crippen LogP contribution is -2.51. The highest BCUT2D eigenvalue weighted by Gasteiger charge is 2.29. The maximum Gasteiger partial charge on any atom is 0.243 e. The quantitative estimate of drug-likeness (QED) is 0.638. The monoisotopic (exact) mass is 272 g/mol. The van der Waals surface area contributed by atoms with Crippen molar-refractivity contribution in [3.63, 3.8) is 0 Å². The van der Waals surface area contributed by atoms with E-state index in [1.165, 1.54) is 24.0 Å². The van der Waals surface area contributed by atoms with Crippen LogP contribution in [0.1, 0.15) is 49.3 Å². The van der Waals surface area contributed by atoms with Gasteiger partial charge in [-0.15, -0.1) is 0 Å². The molecule has 4 nitrogen and oxygen atoms in total. The molecule has 1 aromatic rings. The highest BCUT2D eigenvalue weighted by atomic mass is 16.2. The fourth-order valence-corrected chi connectivity index (χ4v) is 3.19. The average Bonchev–Trinajstić information content (AvgIpc) is 2.65. The van der Waals surface area contributed by atoms with Crippen LogP contribution in [0.5, 0.6) is 0 Å². The van der Waals surface area contributed by atoms with E-state index >= 15 is 0 Å². The second kappa shape index (κ2) is 5.75. The lowest BCUT2D eigenvalue weighted by molar-refractivity contribution is -0.134. The Balaban J connectivity index is 1.77. The molecule has 1 saturated heterocycles. The molecule has 1 aliphatic carbocycles. The second-order valence-corrected chi connectivity index (χ2v) is 5.67. The predicted octanol–water partition coefficient (Wildman–Crippen LogP) is 1.85. The van der Waals surface area contributed by atoms with E-state index in [2.05, 4.69) is 34.9 Å². The molecule has 1 aliphatic heterocycles. The summed E-state index contributed by atoms with van der Waals surface area (Å²) in [7, 11) is 0. The first kappa shape index (κ1) is 13.3. The van der Waals surface area contributed by atoms with Crippen molar-refractivity contribution in [1.82, 2.24) is 10.6 Å². The van der Waals surface area contributed by atoms with Crippen molar-refractivity contribution in [3.8, 4) is 0 Å². The molecule has 4 heteroatoms. The van der Waals surface area contributed by atoms with E-state index in [9.17, 15) is 9.59 Å². The third-order valence-electron chi connectivity index (χ3n) is 4.26. The van der Waals surface area contributed by atoms with Gasteiger partial charge in [0.15, 0.2) is 0 Å². The SMILES string of the molecule is O=C1CCC(NC2CCCCc3ccccc32)C(=O)N1. The molecule has 0 aromatic heterocycles. The Morgan fingerprint density at radius 1 is 1.00 bits per heavy atom. The molecule has 2 unspecified atom stereocenters. The molecular weight excluding hydrogens is 252 g/mol. The Hall–Kier alpha value is -1.68. The minimum absolute atomic E-state index is 0.158. The fourth-order valence-electron chi connectivity index (χ4n) is 3.19. The van der Waals surface area contributed by atoms with E-state index in [0.29, 0.717) is 12.8 Å². The first-order valence-corrected chi connectivity index (χ1v) is 7.41. The summed E-state index contributed by atoms with van der Waals surface area (Å²) in [6.45, 7) is 0. The van der Waals surface area contributed by atoms with Gasteiger partial charge in [0.1, 0.15) is 0 Å². The van der Waals surface area contributed by atoms with Crippen LogP contribution in [-0.4, -0.2) is 17.9 Å². The first-order chi connectivity index (χ1) is 9.74. The molecule has 0 saturated carbocycles. The Morgan fingerprint density at radius 3 is 2.70 bits per heavy atom. The smallest absolute Gasteiger partial charge is 0.243 e. The van der Waals surface area contributed by atoms with Crippen LogP contribution in [0.4, 0.5) is 0 Å². The second-order valence-electron chi connectivity index (χ2n) is 5.67. The van der Waals surface area contributed by atoms with Gasteiger partial charge in [-0.2, -0.15) is 0 Å². The van der Waals surface area contributed by atoms with Crippen molar-refractivity contribution in [3.05, 3.63) is 35.4 Å². The number of aryl methyl sites for hydroxylation is 1. The molecule has 0 spiro atoms. The lowest BCUT2D eigenvalue weighted by Gasteiger charge is -2.28. The Bertz CT molecular complexity index is 527. The number of amides is 2. The lowest BCUT2D eigenvalue weighted by atomic mass is 9.97. The summed E-state index contributed by atoms with van der Waals surface area (Å²) < 4.78 is 0. The zero-order valence-electron chi connectivity index (χ0n) is 11.5. The summed E-state index contributed by atoms with van der Waals surface area (Å²) in [6.07, 6.45) is 5.56. The average molecular weight is 272 g/mol. The van der Waals surface area contributed by atoms with Crippen LogP contribution < -0.4 is 10.6 Å². The van der Waals surface area contributed by atoms with E-state index in [1.54, 1.807) is 0 Å². The summed E-state index contributed by atoms with van der Waals surface area (Å²) in [4.78, 5) is 23.1. The van der Waals surface area contributed by atoms with Crippen molar-refractivity contribution >= 4 is 11.8 Å². The standard InChI is InChI=1S/C16H20N2O2/c19-15-10-9-14(16(20)18-15)17-13-8-4-2-6-11-5-1-3-7-12(11)13/h1,3,5,7,13-14,17H,2,4,6,8-10H2,(H,18,19,20). The molecule has 2 amide bonds. The molecule has 2 aliphatic rings. The van der Waals surface area contributed by atoms with Crippen LogP contribution in [0.15, 0.2) is 24.3 Å². The predicted molar refractivity (Wildman–Crippen MR) is 76.0 cm³/mol. The van der Waals surface area contributed by atoms with Crippen molar-refractivity contribution in [2.75, 3.05) is 0 Å². The normalized spacial score (nSPS) is 26.6. The van der Waals surface area contributed by atoms with Gasteiger partial charge in [-0.1, -0.05) is 30.7 Å². The molecule has 20 heavy (non-hydrogen) atoms. The number of rotatable bonds is 2. The Kier molecular flexibility index (Phi) is 3.83. The number of fused-ring (bicyclic) bond motifs is 1. The van der Waals surface area contributed by atoms with E-state index in [-0.39, 0.29) is 23.9 Å². The van der Waals surface area contributed by atoms with Crippen LogP contribution >= 0.6 is 0 Å². The van der Waals surface area contributed by atoms with Crippen molar-refractivity contribution in [1.29, 1.82) is 0 Å². The molecular formula is C16H20N2O2. The number of piperidine rings is 1. The maximum atomic E-state index is 11.9. The van der Waals surface area contributed by atoms with Crippen LogP contribution in [0.25, 0.3) is 0 Å². The molecule has 106 valence electrons. The molecule has 0 bridgehead atoms. The summed E-state index contributed by atoms with van der Waals surface area (Å²) in [5.41, 5.74) is 2.70. The third-order valence-corrected chi connectivity index (χ3v) is 4.26. The number of hydrogen-bond donors (Lipinski definition) is 2. The van der Waals surface area contributed by atoms with Crippen molar-refractivity contribution in [2.45, 2.75) is 50.6 Å². The van der Waals surface area contributed by atoms with Crippen LogP contribution in [0, 0.1) is 0 Å². The molecule has 2 atom stereocenters. The van der Waals surface area contributed by atoms with Gasteiger partial charge < -0.3 is 0 Å². The first-order valence-electron chi connectivity index (χ1n) is 7.41. The molecule has 2 N–H and O–H groups in total. The zero-order chi connectivity index (χ0) is 13.9. The van der Waals surface area contributed by atoms with Crippen LogP contribution in [-0.2, 0) is 16.0 Å². The van der Waals surface area contributed by atoms with Gasteiger partial charge >= 0.3 is 0 Å². The highest BCUT2D eigenvalue weighted by Crippen LogP contribution is 2.29. The van der Waals surface area contributed by atoms with E-state index in [0.717, 1.165) is 12.8 Å². The van der Waals surface area contributed by atoms with E-state index < -0.39 is 0 Å². The van der Waals surface area contributed by atoms with Gasteiger partial charge in [-0.3, -0.25) is 20.2 Å². The highest BCUT2D eigenvalue weighted by molar-refractivity contribution is 6.00. The minimum Gasteiger partial charge on any atom is -0.299 e. The molecule has 3 rings (SSSR count). The summed E-state index contributed by atoms with van der Waals surface area (Å²) in [5, 5.41) is 5.88. The molecule has 1 fully saturated rings. The zero-order valence-corrected chi connectivity index (χ0v) is 11.5. The number of carbonyl (C=O) groups excluding carboxylic acids is 2. The molecule has 1 aromatic carbocycles. The summed E-state index contributed by atoms with van der Waals surface area (Å²) >= 11 is 0. The number of nitrogens with one attached hydrogen (secondary N) is 2. The largest absolute Gasteiger partial charge is 0.299 e. The summed E-state index contributed by atoms with van der Waals surface area (Å²) in [5.74, 6) is -0.336. The van der Waals surface area contributed by atoms with E-state index in [1.807, 2.05) is 0 Å². The maximum absolute atomic E-state index is 11.9. The molecule has 1 heterocycles. The molecule has 0 radical (unpaired) electrons. The fraction of sp³-hybridized carbons (Fsp3) is 0.500. The van der Waals surface area contributed by atoms with Gasteiger partial charge in [0.2, 0.25) is 11.8 Å². The number of imide groups is 1. The third kappa shape index (κ3) is 2.75. The Morgan fingerprint density at radius 2 is 1.85 bits per heavy atom. The minimum atomic E-state index is -0.246. The Labute approximate surface area is 118 Å².